The molecule has 1 heterocycles. The first-order chi connectivity index (χ1) is 9.77. The number of para-hydroxylation sites is 1. The number of benzene rings is 1. The molecule has 2 aromatic rings. The van der Waals surface area contributed by atoms with Crippen LogP contribution in [0.1, 0.15) is 26.7 Å². The molecule has 0 aliphatic carbocycles. The van der Waals surface area contributed by atoms with Crippen LogP contribution in [0, 0.1) is 5.92 Å². The van der Waals surface area contributed by atoms with E-state index in [1.54, 1.807) is 18.1 Å². The first-order valence-electron chi connectivity index (χ1n) is 7.30. The lowest BCUT2D eigenvalue weighted by atomic mass is 10.1. The van der Waals surface area contributed by atoms with Crippen molar-refractivity contribution in [2.75, 3.05) is 18.8 Å². The van der Waals surface area contributed by atoms with E-state index < -0.39 is 0 Å². The van der Waals surface area contributed by atoms with E-state index >= 15 is 0 Å². The van der Waals surface area contributed by atoms with Gasteiger partial charge in [0.25, 0.3) is 0 Å². The molecule has 0 atom stereocenters. The van der Waals surface area contributed by atoms with Gasteiger partial charge in [0, 0.05) is 17.7 Å². The number of nitrogens with zero attached hydrogens (tertiary/aromatic N) is 2. The molecule has 0 radical (unpaired) electrons. The van der Waals surface area contributed by atoms with Gasteiger partial charge < -0.3 is 5.32 Å². The topological polar surface area (TPSA) is 37.8 Å². The van der Waals surface area contributed by atoms with Crippen LogP contribution < -0.4 is 5.32 Å². The minimum Gasteiger partial charge on any atom is -0.316 e. The van der Waals surface area contributed by atoms with Gasteiger partial charge in [-0.1, -0.05) is 32.0 Å². The minimum atomic E-state index is 0.804. The van der Waals surface area contributed by atoms with Gasteiger partial charge in [0.05, 0.1) is 5.52 Å². The van der Waals surface area contributed by atoms with Crippen LogP contribution in [0.5, 0.6) is 0 Å². The van der Waals surface area contributed by atoms with Crippen LogP contribution in [0.4, 0.5) is 0 Å². The van der Waals surface area contributed by atoms with E-state index in [1.165, 1.54) is 12.8 Å². The Hall–Kier alpha value is -1.13. The van der Waals surface area contributed by atoms with Crippen LogP contribution in [0.2, 0.25) is 0 Å². The van der Waals surface area contributed by atoms with Gasteiger partial charge in [-0.3, -0.25) is 0 Å². The molecular formula is C16H23N3S. The van der Waals surface area contributed by atoms with Crippen molar-refractivity contribution in [2.24, 2.45) is 5.92 Å². The van der Waals surface area contributed by atoms with Crippen LogP contribution in [0.15, 0.2) is 35.6 Å². The van der Waals surface area contributed by atoms with Gasteiger partial charge in [-0.25, -0.2) is 9.97 Å². The van der Waals surface area contributed by atoms with Gasteiger partial charge in [-0.05, 0) is 31.4 Å². The molecule has 3 nitrogen and oxygen atoms in total. The molecule has 4 heteroatoms. The van der Waals surface area contributed by atoms with Crippen molar-refractivity contribution >= 4 is 22.7 Å². The van der Waals surface area contributed by atoms with Crippen LogP contribution >= 0.6 is 11.8 Å². The van der Waals surface area contributed by atoms with Gasteiger partial charge in [0.1, 0.15) is 11.4 Å². The molecular weight excluding hydrogens is 266 g/mol. The fourth-order valence-electron chi connectivity index (χ4n) is 2.08. The van der Waals surface area contributed by atoms with Crippen molar-refractivity contribution in [3.05, 3.63) is 30.6 Å². The normalized spacial score (nSPS) is 11.3. The molecule has 0 bridgehead atoms. The Balaban J connectivity index is 1.73. The summed E-state index contributed by atoms with van der Waals surface area (Å²) < 4.78 is 0. The number of aromatic nitrogens is 2. The summed E-state index contributed by atoms with van der Waals surface area (Å²) in [6.07, 6.45) is 4.22. The van der Waals surface area contributed by atoms with Gasteiger partial charge in [-0.15, -0.1) is 11.8 Å². The second-order valence-electron chi connectivity index (χ2n) is 5.33. The predicted molar refractivity (Wildman–Crippen MR) is 87.2 cm³/mol. The maximum Gasteiger partial charge on any atom is 0.117 e. The molecule has 20 heavy (non-hydrogen) atoms. The number of hydrogen-bond donors (Lipinski definition) is 1. The predicted octanol–water partition coefficient (Wildman–Crippen LogP) is 3.75. The Morgan fingerprint density at radius 2 is 2.00 bits per heavy atom. The lowest BCUT2D eigenvalue weighted by molar-refractivity contribution is 0.534. The van der Waals surface area contributed by atoms with Gasteiger partial charge in [0.2, 0.25) is 0 Å². The van der Waals surface area contributed by atoms with Crippen LogP contribution in [-0.2, 0) is 0 Å². The van der Waals surface area contributed by atoms with E-state index in [9.17, 15) is 0 Å². The summed E-state index contributed by atoms with van der Waals surface area (Å²) in [6.45, 7) is 6.69. The maximum atomic E-state index is 4.39. The molecule has 0 amide bonds. The molecule has 1 aromatic carbocycles. The van der Waals surface area contributed by atoms with E-state index in [0.717, 1.165) is 40.7 Å². The maximum absolute atomic E-state index is 4.39. The number of nitrogens with one attached hydrogen (secondary N) is 1. The lowest BCUT2D eigenvalue weighted by Crippen LogP contribution is -2.18. The summed E-state index contributed by atoms with van der Waals surface area (Å²) in [7, 11) is 0. The number of thioether (sulfide) groups is 1. The highest BCUT2D eigenvalue weighted by atomic mass is 32.2. The van der Waals surface area contributed by atoms with Crippen molar-refractivity contribution in [3.8, 4) is 0 Å². The summed E-state index contributed by atoms with van der Waals surface area (Å²) in [5, 5.41) is 5.73. The number of rotatable bonds is 8. The Morgan fingerprint density at radius 1 is 1.15 bits per heavy atom. The summed E-state index contributed by atoms with van der Waals surface area (Å²) in [5.41, 5.74) is 1.02. The summed E-state index contributed by atoms with van der Waals surface area (Å²) in [6, 6.07) is 8.18. The second kappa shape index (κ2) is 8.22. The third kappa shape index (κ3) is 4.76. The summed E-state index contributed by atoms with van der Waals surface area (Å²) >= 11 is 1.80. The highest BCUT2D eigenvalue weighted by Crippen LogP contribution is 2.23. The van der Waals surface area contributed by atoms with Crippen molar-refractivity contribution in [1.29, 1.82) is 0 Å². The first-order valence-corrected chi connectivity index (χ1v) is 8.29. The average Bonchev–Trinajstić information content (AvgIpc) is 2.46. The quantitative estimate of drug-likeness (QED) is 0.456. The fraction of sp³-hybridized carbons (Fsp3) is 0.500. The molecule has 1 N–H and O–H groups in total. The van der Waals surface area contributed by atoms with Gasteiger partial charge in [0.15, 0.2) is 0 Å². The number of fused-ring (bicyclic) bond motifs is 1. The van der Waals surface area contributed by atoms with E-state index in [2.05, 4.69) is 35.2 Å². The molecule has 0 unspecified atom stereocenters. The molecule has 108 valence electrons. The zero-order valence-electron chi connectivity index (χ0n) is 12.3. The van der Waals surface area contributed by atoms with Gasteiger partial charge in [-0.2, -0.15) is 0 Å². The van der Waals surface area contributed by atoms with Crippen molar-refractivity contribution in [2.45, 2.75) is 31.7 Å². The van der Waals surface area contributed by atoms with E-state index in [1.807, 2.05) is 18.2 Å². The second-order valence-corrected chi connectivity index (χ2v) is 6.41. The zero-order chi connectivity index (χ0) is 14.2. The molecule has 0 spiro atoms. The smallest absolute Gasteiger partial charge is 0.117 e. The Bertz CT molecular complexity index is 523. The molecule has 0 fully saturated rings. The third-order valence-electron chi connectivity index (χ3n) is 3.16. The van der Waals surface area contributed by atoms with Crippen molar-refractivity contribution in [3.63, 3.8) is 0 Å². The van der Waals surface area contributed by atoms with Crippen molar-refractivity contribution < 1.29 is 0 Å². The van der Waals surface area contributed by atoms with E-state index in [4.69, 9.17) is 0 Å². The molecule has 0 saturated heterocycles. The highest BCUT2D eigenvalue weighted by molar-refractivity contribution is 7.99. The fourth-order valence-corrected chi connectivity index (χ4v) is 2.96. The SMILES string of the molecule is CC(C)CCCNCCSc1ncnc2ccccc12. The van der Waals surface area contributed by atoms with Crippen LogP contribution in [0.3, 0.4) is 0 Å². The first kappa shape index (κ1) is 15.3. The molecule has 0 aliphatic rings. The van der Waals surface area contributed by atoms with E-state index in [0.29, 0.717) is 0 Å². The Morgan fingerprint density at radius 3 is 2.85 bits per heavy atom. The summed E-state index contributed by atoms with van der Waals surface area (Å²) in [5.74, 6) is 1.85. The summed E-state index contributed by atoms with van der Waals surface area (Å²) in [4.78, 5) is 8.68. The molecule has 0 aliphatic heterocycles. The van der Waals surface area contributed by atoms with Crippen LogP contribution in [-0.4, -0.2) is 28.8 Å². The Kier molecular flexibility index (Phi) is 6.27. The third-order valence-corrected chi connectivity index (χ3v) is 4.17. The zero-order valence-corrected chi connectivity index (χ0v) is 13.1. The lowest BCUT2D eigenvalue weighted by Gasteiger charge is -2.07. The molecule has 1 aromatic heterocycles. The minimum absolute atomic E-state index is 0.804. The molecule has 2 rings (SSSR count). The van der Waals surface area contributed by atoms with Crippen LogP contribution in [0.25, 0.3) is 10.9 Å². The van der Waals surface area contributed by atoms with E-state index in [-0.39, 0.29) is 0 Å². The Labute approximate surface area is 125 Å². The monoisotopic (exact) mass is 289 g/mol. The number of hydrogen-bond acceptors (Lipinski definition) is 4. The standard InChI is InChI=1S/C16H23N3S/c1-13(2)6-5-9-17-10-11-20-16-14-7-3-4-8-15(14)18-12-19-16/h3-4,7-8,12-13,17H,5-6,9-11H2,1-2H3. The van der Waals surface area contributed by atoms with Gasteiger partial charge >= 0.3 is 0 Å². The molecule has 0 saturated carbocycles. The average molecular weight is 289 g/mol. The largest absolute Gasteiger partial charge is 0.316 e. The van der Waals surface area contributed by atoms with Crippen molar-refractivity contribution in [1.82, 2.24) is 15.3 Å². The highest BCUT2D eigenvalue weighted by Gasteiger charge is 2.03.